The first-order valence-electron chi connectivity index (χ1n) is 30.7. The van der Waals surface area contributed by atoms with Gasteiger partial charge in [-0.25, -0.2) is 0 Å². The second kappa shape index (κ2) is 32.1. The highest BCUT2D eigenvalue weighted by Gasteiger charge is 2.54. The van der Waals surface area contributed by atoms with E-state index in [1.807, 2.05) is 4.90 Å². The summed E-state index contributed by atoms with van der Waals surface area (Å²) in [4.78, 5) is 104. The van der Waals surface area contributed by atoms with Crippen LogP contribution < -0.4 is 36.6 Å². The summed E-state index contributed by atoms with van der Waals surface area (Å²) in [6.45, 7) is -2.33. The van der Waals surface area contributed by atoms with E-state index in [-0.39, 0.29) is 37.6 Å². The summed E-state index contributed by atoms with van der Waals surface area (Å²) in [6, 6.07) is 4.63. The van der Waals surface area contributed by atoms with E-state index in [4.69, 9.17) is 23.7 Å². The number of nitrogens with one attached hydrogen (secondary N) is 6. The molecule has 2 aromatic carbocycles. The SMILES string of the molecule is CN=C1N(C)CC(C[C@@H]2NC(=O)[C@@H](Cc3ccc(O[C@H]4O[C@H](CO)[C@@H](O[C@H]5O[C@H](CO)[C@@H](O)[C@H](O)[C@@H]5O)[C@H](O)[C@@H]4O)cc3)NC(=O)[C@H](C(C)c3ccccc3)NC(=O)CNC(=O)[C@H](CO)NC(=O)[C@@H](CC3CN(C)C(=NC)N3[C@H]3O[C@H](CO)[C@@H](O)[C@H](O)[C@@H]3O)NC2=O)N1C. The third kappa shape index (κ3) is 16.3. The molecule has 23 atom stereocenters. The zero-order valence-electron chi connectivity index (χ0n) is 52.6. The number of likely N-dealkylation sites (N-methyl/N-ethyl adjacent to an activating group) is 3. The lowest BCUT2D eigenvalue weighted by atomic mass is 9.92. The Bertz CT molecular complexity index is 2980. The van der Waals surface area contributed by atoms with Crippen LogP contribution in [-0.2, 0) is 54.1 Å². The minimum absolute atomic E-state index is 0.00484. The van der Waals surface area contributed by atoms with Crippen molar-refractivity contribution in [3.63, 3.8) is 0 Å². The number of aliphatic hydroxyl groups is 12. The molecule has 0 radical (unpaired) electrons. The van der Waals surface area contributed by atoms with Gasteiger partial charge in [-0.1, -0.05) is 49.4 Å². The minimum atomic E-state index is -1.91. The first kappa shape index (κ1) is 72.8. The molecule has 0 aromatic heterocycles. The number of aliphatic hydroxyl groups excluding tert-OH is 12. The first-order valence-corrected chi connectivity index (χ1v) is 30.7. The predicted molar refractivity (Wildman–Crippen MR) is 324 cm³/mol. The van der Waals surface area contributed by atoms with E-state index in [9.17, 15) is 80.5 Å². The Morgan fingerprint density at radius 3 is 1.65 bits per heavy atom. The molecule has 6 heterocycles. The van der Waals surface area contributed by atoms with E-state index in [0.29, 0.717) is 17.1 Å². The molecule has 6 fully saturated rings. The highest BCUT2D eigenvalue weighted by molar-refractivity contribution is 5.98. The van der Waals surface area contributed by atoms with E-state index >= 15 is 9.59 Å². The third-order valence-corrected chi connectivity index (χ3v) is 17.8. The number of aliphatic imine (C=N–C) groups is 2. The molecular weight excluding hydrogens is 1240 g/mol. The summed E-state index contributed by atoms with van der Waals surface area (Å²) in [7, 11) is 8.08. The molecule has 6 aliphatic rings. The summed E-state index contributed by atoms with van der Waals surface area (Å²) in [5, 5.41) is 143. The standard InChI is InChI=1S/C59H88N12O23/c1-26(28-10-8-7-9-11-28)40-54(89)65-32(16-27-12-14-31(15-13-27)90-56-48(84)45(81)49(38(25-75)93-56)94-57-47(83)44(80)42(78)37(24-74)92-57)51(86)63-33(17-29-20-68(4)58(60-2)70(29)6)52(87)64-34(53(88)66-35(22-72)50(85)62-19-39(76)67-40)18-30-21-69(5)59(61-3)71(30)55-46(82)43(79)41(77)36(23-73)91-55/h7-15,26,29-30,32-38,40-49,55-57,72-75,77-84H,16-25H2,1-6H3,(H,62,85)(H,63,86)(H,64,87)(H,65,89)(H,66,88)(H,67,76)/t26?,29?,30?,32-,33+,34-,35+,36-,37-,38-,40+,41-,42-,43+,44+,45-,46+,47+,48+,49-,55+,56+,57-/m1/s1. The summed E-state index contributed by atoms with van der Waals surface area (Å²) < 4.78 is 28.8. The number of carbonyl (C=O) groups excluding carboxylic acids is 6. The van der Waals surface area contributed by atoms with Crippen molar-refractivity contribution in [3.05, 3.63) is 65.7 Å². The van der Waals surface area contributed by atoms with Gasteiger partial charge in [0.1, 0.15) is 109 Å². The number of carbonyl (C=O) groups is 6. The average Bonchev–Trinajstić information content (AvgIpc) is 1.47. The number of hydrogen-bond donors (Lipinski definition) is 18. The normalized spacial score (nSPS) is 37.3. The molecule has 6 aliphatic heterocycles. The van der Waals surface area contributed by atoms with Gasteiger partial charge in [-0.3, -0.25) is 38.8 Å². The Morgan fingerprint density at radius 1 is 0.543 bits per heavy atom. The van der Waals surface area contributed by atoms with E-state index in [2.05, 4.69) is 41.9 Å². The van der Waals surface area contributed by atoms with Crippen LogP contribution >= 0.6 is 0 Å². The zero-order valence-corrected chi connectivity index (χ0v) is 52.6. The van der Waals surface area contributed by atoms with Crippen molar-refractivity contribution < 1.29 is 114 Å². The van der Waals surface area contributed by atoms with Crippen molar-refractivity contribution in [1.82, 2.24) is 51.5 Å². The van der Waals surface area contributed by atoms with Crippen molar-refractivity contribution in [2.75, 3.05) is 81.3 Å². The predicted octanol–water partition coefficient (Wildman–Crippen LogP) is -10.0. The number of amides is 6. The number of rotatable bonds is 17. The lowest BCUT2D eigenvalue weighted by Crippen LogP contribution is -2.65. The maximum Gasteiger partial charge on any atom is 0.245 e. The van der Waals surface area contributed by atoms with E-state index in [0.717, 1.165) is 0 Å². The van der Waals surface area contributed by atoms with Gasteiger partial charge in [0.05, 0.1) is 45.1 Å². The monoisotopic (exact) mass is 1330 g/mol. The second-order valence-electron chi connectivity index (χ2n) is 24.2. The molecule has 2 aromatic rings. The van der Waals surface area contributed by atoms with Crippen LogP contribution in [0.5, 0.6) is 5.75 Å². The molecule has 0 aliphatic carbocycles. The molecule has 0 spiro atoms. The molecule has 6 amide bonds. The Hall–Kier alpha value is -7.04. The third-order valence-electron chi connectivity index (χ3n) is 17.8. The number of guanidine groups is 2. The van der Waals surface area contributed by atoms with Crippen molar-refractivity contribution in [3.8, 4) is 5.75 Å². The van der Waals surface area contributed by atoms with Crippen LogP contribution in [-0.4, -0.2) is 344 Å². The topological polar surface area (TPSA) is 501 Å². The van der Waals surface area contributed by atoms with E-state index in [1.54, 1.807) is 75.2 Å². The fourth-order valence-corrected chi connectivity index (χ4v) is 12.6. The summed E-state index contributed by atoms with van der Waals surface area (Å²) in [5.74, 6) is -5.96. The Labute approximate surface area is 540 Å². The van der Waals surface area contributed by atoms with Crippen LogP contribution in [0, 0.1) is 0 Å². The molecule has 6 saturated heterocycles. The van der Waals surface area contributed by atoms with E-state index in [1.165, 1.54) is 36.2 Å². The lowest BCUT2D eigenvalue weighted by Gasteiger charge is -2.45. The molecule has 8 rings (SSSR count). The Kier molecular flexibility index (Phi) is 24.9. The second-order valence-corrected chi connectivity index (χ2v) is 24.2. The largest absolute Gasteiger partial charge is 0.462 e. The molecular formula is C59H88N12O23. The summed E-state index contributed by atoms with van der Waals surface area (Å²) >= 11 is 0. The molecule has 94 heavy (non-hydrogen) atoms. The minimum Gasteiger partial charge on any atom is -0.462 e. The van der Waals surface area contributed by atoms with Gasteiger partial charge in [-0.05, 0) is 36.1 Å². The highest BCUT2D eigenvalue weighted by Crippen LogP contribution is 2.33. The average molecular weight is 1330 g/mol. The van der Waals surface area contributed by atoms with Crippen LogP contribution in [0.25, 0.3) is 0 Å². The quantitative estimate of drug-likeness (QED) is 0.0699. The smallest absolute Gasteiger partial charge is 0.245 e. The van der Waals surface area contributed by atoms with Crippen LogP contribution in [0.2, 0.25) is 0 Å². The van der Waals surface area contributed by atoms with Crippen LogP contribution in [0.4, 0.5) is 0 Å². The maximum absolute atomic E-state index is 15.4. The van der Waals surface area contributed by atoms with Gasteiger partial charge in [-0.2, -0.15) is 0 Å². The number of benzene rings is 2. The van der Waals surface area contributed by atoms with Crippen molar-refractivity contribution in [1.29, 1.82) is 0 Å². The number of hydrogen-bond acceptors (Lipinski definition) is 25. The van der Waals surface area contributed by atoms with Gasteiger partial charge in [0.2, 0.25) is 41.7 Å². The number of ether oxygens (including phenoxy) is 5. The summed E-state index contributed by atoms with van der Waals surface area (Å²) in [6.07, 6.45) is -26.5. The van der Waals surface area contributed by atoms with E-state index < -0.39 is 215 Å². The van der Waals surface area contributed by atoms with Crippen LogP contribution in [0.1, 0.15) is 36.8 Å². The van der Waals surface area contributed by atoms with Crippen molar-refractivity contribution >= 4 is 47.4 Å². The first-order chi connectivity index (χ1) is 44.8. The van der Waals surface area contributed by atoms with Crippen molar-refractivity contribution in [2.24, 2.45) is 9.98 Å². The maximum atomic E-state index is 15.4. The van der Waals surface area contributed by atoms with Gasteiger partial charge >= 0.3 is 0 Å². The van der Waals surface area contributed by atoms with Crippen LogP contribution in [0.15, 0.2) is 64.6 Å². The fraction of sp³-hybridized carbons (Fsp3) is 0.661. The molecule has 3 unspecified atom stereocenters. The van der Waals surface area contributed by atoms with Crippen molar-refractivity contribution in [2.45, 2.75) is 166 Å². The lowest BCUT2D eigenvalue weighted by molar-refractivity contribution is -0.352. The molecule has 0 bridgehead atoms. The van der Waals surface area contributed by atoms with Gasteiger partial charge in [0, 0.05) is 60.7 Å². The molecule has 18 N–H and O–H groups in total. The Balaban J connectivity index is 1.12. The fourth-order valence-electron chi connectivity index (χ4n) is 12.6. The molecule has 522 valence electrons. The van der Waals surface area contributed by atoms with Gasteiger partial charge < -0.3 is 136 Å². The van der Waals surface area contributed by atoms with Crippen LogP contribution in [0.3, 0.4) is 0 Å². The molecule has 35 heteroatoms. The molecule has 35 nitrogen and oxygen atoms in total. The Morgan fingerprint density at radius 2 is 1.06 bits per heavy atom. The summed E-state index contributed by atoms with van der Waals surface area (Å²) in [5.41, 5.74) is 0.902. The van der Waals surface area contributed by atoms with Gasteiger partial charge in [0.25, 0.3) is 0 Å². The molecule has 0 saturated carbocycles. The number of nitrogens with zero attached hydrogens (tertiary/aromatic N) is 6. The highest BCUT2D eigenvalue weighted by atomic mass is 16.7. The zero-order chi connectivity index (χ0) is 68.6. The van der Waals surface area contributed by atoms with Gasteiger partial charge in [0.15, 0.2) is 24.4 Å². The van der Waals surface area contributed by atoms with Gasteiger partial charge in [-0.15, -0.1) is 0 Å².